The predicted octanol–water partition coefficient (Wildman–Crippen LogP) is 5.93. The van der Waals surface area contributed by atoms with Crippen molar-refractivity contribution in [3.8, 4) is 11.5 Å². The fourth-order valence-electron chi connectivity index (χ4n) is 6.49. The number of phenols is 2. The summed E-state index contributed by atoms with van der Waals surface area (Å²) in [5.41, 5.74) is -3.21. The van der Waals surface area contributed by atoms with Gasteiger partial charge in [-0.2, -0.15) is 26.3 Å². The van der Waals surface area contributed by atoms with Crippen molar-refractivity contribution in [3.63, 3.8) is 0 Å². The van der Waals surface area contributed by atoms with Gasteiger partial charge < -0.3 is 52.0 Å². The second-order valence-electron chi connectivity index (χ2n) is 15.6. The number of alkyl halides is 6. The number of halogens is 6. The minimum Gasteiger partial charge on any atom is -0.508 e. The molecule has 0 bridgehead atoms. The number of nitrogens with zero attached hydrogens (tertiary/aromatic N) is 4. The van der Waals surface area contributed by atoms with Crippen LogP contribution >= 0.6 is 22.7 Å². The number of phenolic OH excluding ortho intramolecular Hbond substituents is 2. The number of thiophene rings is 2. The average Bonchev–Trinajstić information content (AvgIpc) is 4.13. The topological polar surface area (TPSA) is 296 Å². The van der Waals surface area contributed by atoms with Gasteiger partial charge in [0.25, 0.3) is 23.6 Å². The first-order valence-corrected chi connectivity index (χ1v) is 23.9. The second kappa shape index (κ2) is 27.1. The number of amides is 4. The van der Waals surface area contributed by atoms with Crippen LogP contribution in [0.4, 0.5) is 38.2 Å². The van der Waals surface area contributed by atoms with Gasteiger partial charge in [0, 0.05) is 38.6 Å². The third-order valence-electron chi connectivity index (χ3n) is 10.1. The third kappa shape index (κ3) is 17.9. The number of hydrogen-bond donors (Lipinski definition) is 9. The summed E-state index contributed by atoms with van der Waals surface area (Å²) < 4.78 is 86.8. The molecule has 20 nitrogen and oxygen atoms in total. The van der Waals surface area contributed by atoms with Crippen molar-refractivity contribution in [2.75, 3.05) is 43.9 Å². The van der Waals surface area contributed by atoms with E-state index in [0.717, 1.165) is 40.9 Å². The summed E-state index contributed by atoms with van der Waals surface area (Å²) in [5.74, 6) is -6.75. The summed E-state index contributed by atoms with van der Waals surface area (Å²) >= 11 is 2.26. The maximum absolute atomic E-state index is 13.7. The molecule has 2 atom stereocenters. The highest BCUT2D eigenvalue weighted by Crippen LogP contribution is 2.32. The van der Waals surface area contributed by atoms with Gasteiger partial charge >= 0.3 is 24.3 Å². The largest absolute Gasteiger partial charge is 0.508 e. The summed E-state index contributed by atoms with van der Waals surface area (Å²) in [6.07, 6.45) is -6.57. The van der Waals surface area contributed by atoms with Crippen LogP contribution in [0.15, 0.2) is 96.0 Å². The van der Waals surface area contributed by atoms with E-state index in [-0.39, 0.29) is 36.5 Å². The Hall–Kier alpha value is -8.40. The second-order valence-corrected chi connectivity index (χ2v) is 17.5. The van der Waals surface area contributed by atoms with Crippen LogP contribution in [0.25, 0.3) is 0 Å². The monoisotopic (exact) mass is 1090 g/mol. The van der Waals surface area contributed by atoms with Crippen molar-refractivity contribution in [2.24, 2.45) is 0 Å². The smallest absolute Gasteiger partial charge is 0.434 e. The van der Waals surface area contributed by atoms with Crippen molar-refractivity contribution in [3.05, 3.63) is 139 Å². The summed E-state index contributed by atoms with van der Waals surface area (Å²) in [5, 5.41) is 45.9. The number of rotatable bonds is 22. The molecule has 0 spiro atoms. The lowest BCUT2D eigenvalue weighted by Gasteiger charge is -2.18. The van der Waals surface area contributed by atoms with Gasteiger partial charge in [-0.25, -0.2) is 29.5 Å². The molecule has 0 saturated heterocycles. The Bertz CT molecular complexity index is 2910. The van der Waals surface area contributed by atoms with Gasteiger partial charge in [-0.15, -0.1) is 22.7 Å². The Balaban J connectivity index is 0.000000277. The Morgan fingerprint density at radius 3 is 1.41 bits per heavy atom. The number of methoxy groups -OCH3 is 1. The molecule has 28 heteroatoms. The van der Waals surface area contributed by atoms with Crippen molar-refractivity contribution in [1.29, 1.82) is 0 Å². The molecule has 4 heterocycles. The first kappa shape index (κ1) is 57.5. The number of anilines is 2. The van der Waals surface area contributed by atoms with Gasteiger partial charge in [0.1, 0.15) is 23.6 Å². The van der Waals surface area contributed by atoms with Gasteiger partial charge in [-0.05, 0) is 84.0 Å². The zero-order chi connectivity index (χ0) is 54.7. The number of carboxylic acids is 1. The first-order valence-electron chi connectivity index (χ1n) is 22.1. The van der Waals surface area contributed by atoms with E-state index in [1.54, 1.807) is 65.4 Å². The average molecular weight is 1090 g/mol. The number of benzene rings is 2. The Labute approximate surface area is 430 Å². The van der Waals surface area contributed by atoms with E-state index in [1.807, 2.05) is 5.32 Å². The standard InChI is InChI=1S/C24H24F3N5O5S.C23H22F3N5O5S/c1-37-22(36)17(13-29-21(35)18-8-4-10-38-18)31-20(34)16-12-30-23(32-19(16)24(25,26)27)28-9-3-6-14-5-2-7-15(33)11-14;24-23(25,26)18-15(11-29-22(31-18)27-8-2-5-13-4-1-6-14(32)10-13)19(33)30-16(21(35)36)12-28-20(34)17-7-3-9-37-17/h2,4-5,7-8,10-12,17,33H,3,6,9,13H2,1H3,(H,29,35)(H,31,34)(H,28,30,32);1,3-4,6-7,9-11,16,32H,2,5,8,12H2,(H,28,34)(H,30,33)(H,35,36)(H,27,29,31)/t17-;16-/m00/s1. The number of hydrogen-bond acceptors (Lipinski definition) is 17. The number of aromatic hydroxyl groups is 2. The number of esters is 1. The predicted molar refractivity (Wildman–Crippen MR) is 259 cm³/mol. The fraction of sp³-hybridized carbons (Fsp3) is 0.277. The third-order valence-corrected chi connectivity index (χ3v) is 11.8. The van der Waals surface area contributed by atoms with Crippen LogP contribution in [0, 0.1) is 0 Å². The molecule has 2 aromatic carbocycles. The van der Waals surface area contributed by atoms with Gasteiger partial charge in [0.2, 0.25) is 11.9 Å². The summed E-state index contributed by atoms with van der Waals surface area (Å²) in [4.78, 5) is 88.2. The quantitative estimate of drug-likeness (QED) is 0.0216. The van der Waals surface area contributed by atoms with E-state index in [2.05, 4.69) is 51.3 Å². The molecular weight excluding hydrogens is 1040 g/mol. The zero-order valence-corrected chi connectivity index (χ0v) is 40.8. The Morgan fingerprint density at radius 1 is 0.613 bits per heavy atom. The lowest BCUT2D eigenvalue weighted by atomic mass is 10.1. The van der Waals surface area contributed by atoms with Crippen LogP contribution in [0.1, 0.15) is 75.4 Å². The molecule has 6 aromatic rings. The number of carbonyl (C=O) groups is 6. The molecule has 0 radical (unpaired) electrons. The van der Waals surface area contributed by atoms with Crippen LogP contribution in [0.2, 0.25) is 0 Å². The molecule has 75 heavy (non-hydrogen) atoms. The van der Waals surface area contributed by atoms with Crippen LogP contribution in [-0.2, 0) is 39.5 Å². The molecule has 0 unspecified atom stereocenters. The minimum atomic E-state index is -5.03. The van der Waals surface area contributed by atoms with Crippen molar-refractivity contribution in [2.45, 2.75) is 50.1 Å². The van der Waals surface area contributed by atoms with Gasteiger partial charge in [0.05, 0.1) is 28.0 Å². The lowest BCUT2D eigenvalue weighted by Crippen LogP contribution is -2.49. The zero-order valence-electron chi connectivity index (χ0n) is 39.1. The maximum Gasteiger partial charge on any atom is 0.434 e. The molecule has 0 saturated carbocycles. The number of aliphatic carboxylic acids is 1. The molecule has 0 aliphatic rings. The SMILES string of the molecule is COC(=O)[C@H](CNC(=O)c1cccs1)NC(=O)c1cnc(NCCCc2cccc(O)c2)nc1C(F)(F)F.O=C(NC[C@H](NC(=O)c1cnc(NCCCc2cccc(O)c2)nc1C(F)(F)F)C(=O)O)c1cccs1. The first-order chi connectivity index (χ1) is 35.6. The van der Waals surface area contributed by atoms with Gasteiger partial charge in [0.15, 0.2) is 11.4 Å². The normalized spacial score (nSPS) is 11.9. The van der Waals surface area contributed by atoms with Crippen LogP contribution in [-0.4, -0.2) is 116 Å². The summed E-state index contributed by atoms with van der Waals surface area (Å²) in [6, 6.07) is 16.3. The molecule has 6 rings (SSSR count). The number of ether oxygens (including phenoxy) is 1. The van der Waals surface area contributed by atoms with E-state index >= 15 is 0 Å². The number of nitrogens with one attached hydrogen (secondary N) is 6. The lowest BCUT2D eigenvalue weighted by molar-refractivity contribution is -0.143. The van der Waals surface area contributed by atoms with Crippen LogP contribution < -0.4 is 31.9 Å². The molecule has 4 aromatic heterocycles. The number of aryl methyl sites for hydroxylation is 2. The van der Waals surface area contributed by atoms with Crippen LogP contribution in [0.3, 0.4) is 0 Å². The highest BCUT2D eigenvalue weighted by atomic mass is 32.1. The molecule has 0 fully saturated rings. The molecular formula is C47H46F6N10O10S2. The highest BCUT2D eigenvalue weighted by molar-refractivity contribution is 7.12. The van der Waals surface area contributed by atoms with E-state index < -0.39 is 95.6 Å². The van der Waals surface area contributed by atoms with E-state index in [4.69, 9.17) is 0 Å². The van der Waals surface area contributed by atoms with Crippen LogP contribution in [0.5, 0.6) is 11.5 Å². The van der Waals surface area contributed by atoms with Gasteiger partial charge in [-0.3, -0.25) is 19.2 Å². The fourth-order valence-corrected chi connectivity index (χ4v) is 7.77. The highest BCUT2D eigenvalue weighted by Gasteiger charge is 2.40. The molecule has 9 N–H and O–H groups in total. The summed E-state index contributed by atoms with van der Waals surface area (Å²) in [7, 11) is 1.04. The molecule has 0 aliphatic carbocycles. The Morgan fingerprint density at radius 2 is 1.04 bits per heavy atom. The summed E-state index contributed by atoms with van der Waals surface area (Å²) in [6.45, 7) is -0.536. The minimum absolute atomic E-state index is 0.104. The number of carbonyl (C=O) groups excluding carboxylic acids is 5. The van der Waals surface area contributed by atoms with E-state index in [0.29, 0.717) is 47.8 Å². The maximum atomic E-state index is 13.7. The van der Waals surface area contributed by atoms with Crippen molar-refractivity contribution >= 4 is 70.1 Å². The number of carboxylic acid groups (broad SMARTS) is 1. The Kier molecular flexibility index (Phi) is 20.7. The van der Waals surface area contributed by atoms with Crippen molar-refractivity contribution < 1.29 is 75.2 Å². The number of aromatic nitrogens is 4. The van der Waals surface area contributed by atoms with Crippen molar-refractivity contribution in [1.82, 2.24) is 41.2 Å². The molecule has 398 valence electrons. The molecule has 0 aliphatic heterocycles. The molecule has 4 amide bonds. The van der Waals surface area contributed by atoms with E-state index in [9.17, 15) is 70.4 Å². The van der Waals surface area contributed by atoms with E-state index in [1.165, 1.54) is 18.2 Å². The van der Waals surface area contributed by atoms with Gasteiger partial charge in [-0.1, -0.05) is 36.4 Å².